The van der Waals surface area contributed by atoms with Crippen molar-refractivity contribution in [2.45, 2.75) is 20.4 Å². The lowest BCUT2D eigenvalue weighted by molar-refractivity contribution is 0.464. The van der Waals surface area contributed by atoms with Gasteiger partial charge in [-0.3, -0.25) is 4.98 Å². The molecule has 0 saturated carbocycles. The lowest BCUT2D eigenvalue weighted by Gasteiger charge is -2.10. The van der Waals surface area contributed by atoms with Gasteiger partial charge in [-0.05, 0) is 59.6 Å². The first-order valence-corrected chi connectivity index (χ1v) is 6.51. The van der Waals surface area contributed by atoms with Gasteiger partial charge in [0.1, 0.15) is 11.4 Å². The minimum Gasteiger partial charge on any atom is -0.506 e. The van der Waals surface area contributed by atoms with Crippen molar-refractivity contribution in [3.05, 3.63) is 51.8 Å². The van der Waals surface area contributed by atoms with Gasteiger partial charge >= 0.3 is 0 Å². The summed E-state index contributed by atoms with van der Waals surface area (Å²) in [5.74, 6) is 0.219. The number of benzene rings is 1. The quantitative estimate of drug-likeness (QED) is 0.907. The van der Waals surface area contributed by atoms with Gasteiger partial charge in [0.25, 0.3) is 0 Å². The van der Waals surface area contributed by atoms with Crippen LogP contribution in [-0.4, -0.2) is 10.1 Å². The second kappa shape index (κ2) is 5.40. The maximum absolute atomic E-state index is 9.71. The molecule has 1 aromatic carbocycles. The van der Waals surface area contributed by atoms with Crippen LogP contribution in [0, 0.1) is 13.8 Å². The van der Waals surface area contributed by atoms with E-state index < -0.39 is 0 Å². The first-order chi connectivity index (χ1) is 8.56. The fourth-order valence-electron chi connectivity index (χ4n) is 1.68. The van der Waals surface area contributed by atoms with Crippen molar-refractivity contribution >= 4 is 21.6 Å². The standard InChI is InChI=1S/C14H15BrN2O/c1-9-3-5-12(11(15)7-9)16-8-13-14(18)6-4-10(2)17-13/h3-7,16,18H,8H2,1-2H3. The zero-order valence-corrected chi connectivity index (χ0v) is 12.0. The molecule has 0 saturated heterocycles. The molecule has 2 rings (SSSR count). The molecule has 0 fully saturated rings. The summed E-state index contributed by atoms with van der Waals surface area (Å²) < 4.78 is 1.01. The number of anilines is 1. The molecule has 0 atom stereocenters. The molecule has 2 aromatic rings. The minimum absolute atomic E-state index is 0.219. The number of rotatable bonds is 3. The SMILES string of the molecule is Cc1ccc(NCc2nc(C)ccc2O)c(Br)c1. The van der Waals surface area contributed by atoms with Gasteiger partial charge in [-0.25, -0.2) is 0 Å². The molecule has 0 aliphatic carbocycles. The predicted octanol–water partition coefficient (Wildman–Crippen LogP) is 3.78. The van der Waals surface area contributed by atoms with Crippen molar-refractivity contribution in [1.29, 1.82) is 0 Å². The summed E-state index contributed by atoms with van der Waals surface area (Å²) in [6, 6.07) is 9.55. The van der Waals surface area contributed by atoms with Crippen LogP contribution in [0.1, 0.15) is 17.0 Å². The third-order valence-electron chi connectivity index (χ3n) is 2.66. The monoisotopic (exact) mass is 306 g/mol. The maximum Gasteiger partial charge on any atom is 0.138 e. The van der Waals surface area contributed by atoms with Crippen molar-refractivity contribution in [3.8, 4) is 5.75 Å². The summed E-state index contributed by atoms with van der Waals surface area (Å²) in [6.45, 7) is 4.45. The summed E-state index contributed by atoms with van der Waals surface area (Å²) in [4.78, 5) is 4.31. The molecule has 0 radical (unpaired) electrons. The average molecular weight is 307 g/mol. The number of halogens is 1. The summed E-state index contributed by atoms with van der Waals surface area (Å²) in [6.07, 6.45) is 0. The van der Waals surface area contributed by atoms with Gasteiger partial charge in [0.2, 0.25) is 0 Å². The Balaban J connectivity index is 2.13. The molecule has 2 N–H and O–H groups in total. The zero-order chi connectivity index (χ0) is 13.1. The molecule has 0 spiro atoms. The molecule has 0 amide bonds. The molecular formula is C14H15BrN2O. The van der Waals surface area contributed by atoms with E-state index in [0.29, 0.717) is 12.2 Å². The van der Waals surface area contributed by atoms with Gasteiger partial charge in [-0.15, -0.1) is 0 Å². The first kappa shape index (κ1) is 12.9. The van der Waals surface area contributed by atoms with Crippen LogP contribution in [0.2, 0.25) is 0 Å². The Morgan fingerprint density at radius 1 is 1.22 bits per heavy atom. The molecule has 94 valence electrons. The normalized spacial score (nSPS) is 10.4. The second-order valence-electron chi connectivity index (χ2n) is 4.26. The van der Waals surface area contributed by atoms with Gasteiger partial charge < -0.3 is 10.4 Å². The highest BCUT2D eigenvalue weighted by atomic mass is 79.9. The van der Waals surface area contributed by atoms with Crippen molar-refractivity contribution in [1.82, 2.24) is 4.98 Å². The highest BCUT2D eigenvalue weighted by Crippen LogP contribution is 2.24. The van der Waals surface area contributed by atoms with Crippen LogP contribution in [0.3, 0.4) is 0 Å². The lowest BCUT2D eigenvalue weighted by Crippen LogP contribution is -2.03. The van der Waals surface area contributed by atoms with Crippen LogP contribution in [0.5, 0.6) is 5.75 Å². The molecular weight excluding hydrogens is 292 g/mol. The van der Waals surface area contributed by atoms with E-state index >= 15 is 0 Å². The number of aryl methyl sites for hydroxylation is 2. The van der Waals surface area contributed by atoms with Crippen LogP contribution < -0.4 is 5.32 Å². The van der Waals surface area contributed by atoms with Gasteiger partial charge in [0.05, 0.1) is 6.54 Å². The average Bonchev–Trinajstić information content (AvgIpc) is 2.32. The first-order valence-electron chi connectivity index (χ1n) is 5.72. The van der Waals surface area contributed by atoms with Crippen LogP contribution in [0.4, 0.5) is 5.69 Å². The van der Waals surface area contributed by atoms with Crippen LogP contribution >= 0.6 is 15.9 Å². The Kier molecular flexibility index (Phi) is 3.87. The van der Waals surface area contributed by atoms with E-state index in [0.717, 1.165) is 15.9 Å². The van der Waals surface area contributed by atoms with E-state index in [9.17, 15) is 5.11 Å². The number of pyridine rings is 1. The smallest absolute Gasteiger partial charge is 0.138 e. The van der Waals surface area contributed by atoms with Crippen molar-refractivity contribution in [3.63, 3.8) is 0 Å². The molecule has 3 nitrogen and oxygen atoms in total. The van der Waals surface area contributed by atoms with Gasteiger partial charge in [-0.1, -0.05) is 6.07 Å². The topological polar surface area (TPSA) is 45.2 Å². The fourth-order valence-corrected chi connectivity index (χ4v) is 2.31. The Morgan fingerprint density at radius 2 is 2.00 bits per heavy atom. The van der Waals surface area contributed by atoms with Crippen molar-refractivity contribution < 1.29 is 5.11 Å². The van der Waals surface area contributed by atoms with E-state index in [2.05, 4.69) is 26.2 Å². The fraction of sp³-hybridized carbons (Fsp3) is 0.214. The van der Waals surface area contributed by atoms with Crippen LogP contribution in [0.25, 0.3) is 0 Å². The second-order valence-corrected chi connectivity index (χ2v) is 5.11. The number of hydrogen-bond donors (Lipinski definition) is 2. The summed E-state index contributed by atoms with van der Waals surface area (Å²) >= 11 is 3.51. The lowest BCUT2D eigenvalue weighted by atomic mass is 10.2. The zero-order valence-electron chi connectivity index (χ0n) is 10.4. The van der Waals surface area contributed by atoms with Crippen molar-refractivity contribution in [2.75, 3.05) is 5.32 Å². The highest BCUT2D eigenvalue weighted by Gasteiger charge is 2.05. The number of aromatic hydroxyl groups is 1. The Bertz CT molecular complexity index is 570. The summed E-state index contributed by atoms with van der Waals surface area (Å²) in [5, 5.41) is 13.0. The van der Waals surface area contributed by atoms with E-state index in [1.165, 1.54) is 5.56 Å². The van der Waals surface area contributed by atoms with Gasteiger partial charge in [0, 0.05) is 15.9 Å². The largest absolute Gasteiger partial charge is 0.506 e. The number of aromatic nitrogens is 1. The molecule has 0 bridgehead atoms. The number of nitrogens with zero attached hydrogens (tertiary/aromatic N) is 1. The molecule has 1 aromatic heterocycles. The molecule has 0 aliphatic rings. The van der Waals surface area contributed by atoms with E-state index in [4.69, 9.17) is 0 Å². The Labute approximate surface area is 115 Å². The maximum atomic E-state index is 9.71. The molecule has 0 unspecified atom stereocenters. The van der Waals surface area contributed by atoms with Crippen LogP contribution in [-0.2, 0) is 6.54 Å². The number of nitrogens with one attached hydrogen (secondary N) is 1. The highest BCUT2D eigenvalue weighted by molar-refractivity contribution is 9.10. The van der Waals surface area contributed by atoms with Crippen molar-refractivity contribution in [2.24, 2.45) is 0 Å². The molecule has 4 heteroatoms. The summed E-state index contributed by atoms with van der Waals surface area (Å²) in [7, 11) is 0. The third-order valence-corrected chi connectivity index (χ3v) is 3.32. The minimum atomic E-state index is 0.219. The Hall–Kier alpha value is -1.55. The van der Waals surface area contributed by atoms with E-state index in [-0.39, 0.29) is 5.75 Å². The molecule has 1 heterocycles. The predicted molar refractivity (Wildman–Crippen MR) is 76.8 cm³/mol. The number of hydrogen-bond acceptors (Lipinski definition) is 3. The Morgan fingerprint density at radius 3 is 2.72 bits per heavy atom. The summed E-state index contributed by atoms with van der Waals surface area (Å²) in [5.41, 5.74) is 3.74. The van der Waals surface area contributed by atoms with Gasteiger partial charge in [-0.2, -0.15) is 0 Å². The van der Waals surface area contributed by atoms with E-state index in [1.807, 2.05) is 32.0 Å². The third kappa shape index (κ3) is 3.01. The van der Waals surface area contributed by atoms with Crippen LogP contribution in [0.15, 0.2) is 34.8 Å². The molecule has 0 aliphatic heterocycles. The molecule has 18 heavy (non-hydrogen) atoms. The van der Waals surface area contributed by atoms with E-state index in [1.54, 1.807) is 12.1 Å². The van der Waals surface area contributed by atoms with Gasteiger partial charge in [0.15, 0.2) is 0 Å².